The van der Waals surface area contributed by atoms with E-state index in [0.717, 1.165) is 17.5 Å². The van der Waals surface area contributed by atoms with E-state index in [1.807, 2.05) is 67.6 Å². The van der Waals surface area contributed by atoms with Gasteiger partial charge in [-0.15, -0.1) is 37.8 Å². The molecule has 0 aliphatic carbocycles. The predicted octanol–water partition coefficient (Wildman–Crippen LogP) is 6.39. The molecule has 7 heteroatoms. The summed E-state index contributed by atoms with van der Waals surface area (Å²) in [6, 6.07) is 18.4. The van der Waals surface area contributed by atoms with E-state index in [2.05, 4.69) is 35.6 Å². The van der Waals surface area contributed by atoms with Crippen molar-refractivity contribution in [3.05, 3.63) is 97.1 Å². The zero-order chi connectivity index (χ0) is 29.6. The molecule has 2 aromatic carbocycles. The molecule has 0 fully saturated rings. The number of aliphatic hydroxyl groups excluding tert-OH is 1. The Morgan fingerprint density at radius 1 is 0.829 bits per heavy atom. The van der Waals surface area contributed by atoms with Gasteiger partial charge in [0.05, 0.1) is 18.2 Å². The van der Waals surface area contributed by atoms with Crippen molar-refractivity contribution in [2.45, 2.75) is 71.4 Å². The first-order valence-electron chi connectivity index (χ1n) is 13.1. The van der Waals surface area contributed by atoms with Crippen molar-refractivity contribution in [1.82, 2.24) is 10.6 Å². The van der Waals surface area contributed by atoms with E-state index in [9.17, 15) is 14.7 Å². The first-order chi connectivity index (χ1) is 19.3. The number of alkyl carbamates (subject to hydrolysis) is 2. The molecule has 41 heavy (non-hydrogen) atoms. The minimum atomic E-state index is -0.669. The van der Waals surface area contributed by atoms with Gasteiger partial charge < -0.3 is 25.2 Å². The van der Waals surface area contributed by atoms with Gasteiger partial charge in [-0.1, -0.05) is 87.2 Å². The van der Waals surface area contributed by atoms with Crippen LogP contribution in [0.2, 0.25) is 0 Å². The molecule has 0 radical (unpaired) electrons. The largest absolute Gasteiger partial charge is 0.445 e. The van der Waals surface area contributed by atoms with E-state index < -0.39 is 18.3 Å². The lowest BCUT2D eigenvalue weighted by Gasteiger charge is -2.17. The van der Waals surface area contributed by atoms with E-state index in [-0.39, 0.29) is 39.1 Å². The van der Waals surface area contributed by atoms with Crippen molar-refractivity contribution < 1.29 is 24.2 Å². The number of hydrogen-bond acceptors (Lipinski definition) is 5. The maximum atomic E-state index is 11.7. The molecule has 0 aliphatic heterocycles. The quantitative estimate of drug-likeness (QED) is 0.184. The Morgan fingerprint density at radius 3 is 1.63 bits per heavy atom. The minimum Gasteiger partial charge on any atom is -0.445 e. The highest BCUT2D eigenvalue weighted by Gasteiger charge is 2.15. The first-order valence-corrected chi connectivity index (χ1v) is 13.1. The van der Waals surface area contributed by atoms with Crippen LogP contribution >= 0.6 is 0 Å². The average Bonchev–Trinajstić information content (AvgIpc) is 2.96. The summed E-state index contributed by atoms with van der Waals surface area (Å²) in [4.78, 5) is 23.3. The zero-order valence-corrected chi connectivity index (χ0v) is 23.1. The fourth-order valence-corrected chi connectivity index (χ4v) is 3.49. The van der Waals surface area contributed by atoms with Crippen molar-refractivity contribution in [2.24, 2.45) is 5.92 Å². The Balaban J connectivity index is 0.000000762. The molecule has 0 saturated carbocycles. The second-order valence-corrected chi connectivity index (χ2v) is 9.14. The van der Waals surface area contributed by atoms with Gasteiger partial charge in [-0.05, 0) is 29.9 Å². The lowest BCUT2D eigenvalue weighted by molar-refractivity contribution is 0.128. The van der Waals surface area contributed by atoms with Crippen LogP contribution in [0.3, 0.4) is 0 Å². The fraction of sp³-hybridized carbons (Fsp3) is 0.353. The van der Waals surface area contributed by atoms with Gasteiger partial charge >= 0.3 is 12.2 Å². The Morgan fingerprint density at radius 2 is 1.24 bits per heavy atom. The molecule has 2 aromatic rings. The fourth-order valence-electron chi connectivity index (χ4n) is 3.49. The van der Waals surface area contributed by atoms with Gasteiger partial charge in [0.2, 0.25) is 0 Å². The van der Waals surface area contributed by atoms with Gasteiger partial charge in [-0.25, -0.2) is 9.59 Å². The number of ether oxygens (including phenoxy) is 2. The number of aliphatic hydroxyl groups is 1. The van der Waals surface area contributed by atoms with Gasteiger partial charge in [0, 0.05) is 12.8 Å². The minimum absolute atomic E-state index is 0. The standard InChI is InChI=1S/C17H21NO2.C16H19NO3.CH4/c1-4-9-14(3)12-16(5-2)18-17(19)20-13-15-10-7-6-8-11-15;1-3-8-15(18)11-14(4-2)17-16(19)20-12-13-9-6-5-7-10-13;/h1,5-8,10-11,14,16H,2,9,12-13H2,3H3,(H,18,19);1,4-7,9-10,14-15,18H,2,8,11-12H2,(H,17,19);1H4/t14?,16-;14-,15?;/m11./s1. The van der Waals surface area contributed by atoms with Gasteiger partial charge in [-0.3, -0.25) is 0 Å². The third-order valence-electron chi connectivity index (χ3n) is 5.60. The van der Waals surface area contributed by atoms with E-state index in [4.69, 9.17) is 22.3 Å². The summed E-state index contributed by atoms with van der Waals surface area (Å²) in [7, 11) is 0. The van der Waals surface area contributed by atoms with Crippen LogP contribution in [0.25, 0.3) is 0 Å². The summed E-state index contributed by atoms with van der Waals surface area (Å²) in [5, 5.41) is 15.0. The van der Waals surface area contributed by atoms with Crippen molar-refractivity contribution in [3.63, 3.8) is 0 Å². The Kier molecular flexibility index (Phi) is 19.9. The number of benzene rings is 2. The lowest BCUT2D eigenvalue weighted by Crippen LogP contribution is -2.36. The number of hydrogen-bond donors (Lipinski definition) is 3. The molecule has 2 unspecified atom stereocenters. The third-order valence-corrected chi connectivity index (χ3v) is 5.60. The van der Waals surface area contributed by atoms with Crippen molar-refractivity contribution in [2.75, 3.05) is 0 Å². The molecule has 3 N–H and O–H groups in total. The number of carbonyl (C=O) groups excluding carboxylic acids is 2. The van der Waals surface area contributed by atoms with Crippen LogP contribution in [0, 0.1) is 30.6 Å². The molecule has 2 rings (SSSR count). The van der Waals surface area contributed by atoms with Crippen LogP contribution < -0.4 is 10.6 Å². The van der Waals surface area contributed by atoms with Gasteiger partial charge in [0.25, 0.3) is 0 Å². The van der Waals surface area contributed by atoms with Crippen LogP contribution in [-0.2, 0) is 22.7 Å². The number of carbonyl (C=O) groups is 2. The number of rotatable bonds is 14. The molecule has 0 aliphatic rings. The molecule has 220 valence electrons. The third kappa shape index (κ3) is 17.7. The molecule has 4 atom stereocenters. The van der Waals surface area contributed by atoms with Gasteiger partial charge in [-0.2, -0.15) is 0 Å². The van der Waals surface area contributed by atoms with Gasteiger partial charge in [0.1, 0.15) is 13.2 Å². The second-order valence-electron chi connectivity index (χ2n) is 9.14. The lowest BCUT2D eigenvalue weighted by atomic mass is 9.99. The number of amides is 2. The maximum absolute atomic E-state index is 11.7. The highest BCUT2D eigenvalue weighted by atomic mass is 16.6. The molecule has 0 heterocycles. The summed E-state index contributed by atoms with van der Waals surface area (Å²) >= 11 is 0. The normalized spacial score (nSPS) is 12.5. The van der Waals surface area contributed by atoms with E-state index in [0.29, 0.717) is 18.8 Å². The Labute approximate surface area is 246 Å². The van der Waals surface area contributed by atoms with Gasteiger partial charge in [0.15, 0.2) is 0 Å². The highest BCUT2D eigenvalue weighted by molar-refractivity contribution is 5.68. The Bertz CT molecular complexity index is 1020. The van der Waals surface area contributed by atoms with Crippen LogP contribution in [-0.4, -0.2) is 35.5 Å². The molecule has 7 nitrogen and oxygen atoms in total. The smallest absolute Gasteiger partial charge is 0.407 e. The molecular formula is C34H44N2O5. The first kappa shape index (κ1) is 36.5. The number of terminal acetylenes is 2. The molecular weight excluding hydrogens is 516 g/mol. The summed E-state index contributed by atoms with van der Waals surface area (Å²) in [6.45, 7) is 9.84. The predicted molar refractivity (Wildman–Crippen MR) is 166 cm³/mol. The molecule has 0 saturated heterocycles. The highest BCUT2D eigenvalue weighted by Crippen LogP contribution is 2.11. The van der Waals surface area contributed by atoms with Crippen LogP contribution in [0.15, 0.2) is 86.0 Å². The second kappa shape index (κ2) is 22.4. The van der Waals surface area contributed by atoms with Crippen LogP contribution in [0.4, 0.5) is 9.59 Å². The zero-order valence-electron chi connectivity index (χ0n) is 23.1. The SMILES string of the molecule is C.C#CCC(C)C[C@@H](C=C)NC(=O)OCc1ccccc1.C#CCC(O)C[C@@H](C=C)NC(=O)OCc1ccccc1. The average molecular weight is 561 g/mol. The summed E-state index contributed by atoms with van der Waals surface area (Å²) < 4.78 is 10.2. The maximum Gasteiger partial charge on any atom is 0.407 e. The summed E-state index contributed by atoms with van der Waals surface area (Å²) in [5.41, 5.74) is 1.86. The van der Waals surface area contributed by atoms with E-state index in [1.165, 1.54) is 0 Å². The monoisotopic (exact) mass is 560 g/mol. The molecule has 0 spiro atoms. The Hall–Kier alpha value is -4.46. The molecule has 2 amide bonds. The molecule has 0 bridgehead atoms. The number of nitrogens with one attached hydrogen (secondary N) is 2. The van der Waals surface area contributed by atoms with Crippen molar-refractivity contribution >= 4 is 12.2 Å². The summed E-state index contributed by atoms with van der Waals surface area (Å²) in [5.74, 6) is 5.32. The topological polar surface area (TPSA) is 96.9 Å². The van der Waals surface area contributed by atoms with E-state index in [1.54, 1.807) is 12.2 Å². The molecule has 0 aromatic heterocycles. The van der Waals surface area contributed by atoms with Crippen molar-refractivity contribution in [3.8, 4) is 24.7 Å². The van der Waals surface area contributed by atoms with Crippen LogP contribution in [0.5, 0.6) is 0 Å². The van der Waals surface area contributed by atoms with Crippen molar-refractivity contribution in [1.29, 1.82) is 0 Å². The van der Waals surface area contributed by atoms with Crippen LogP contribution in [0.1, 0.15) is 51.2 Å². The van der Waals surface area contributed by atoms with E-state index >= 15 is 0 Å². The summed E-state index contributed by atoms with van der Waals surface area (Å²) in [6.07, 6.45) is 14.0.